The van der Waals surface area contributed by atoms with Gasteiger partial charge in [-0.2, -0.15) is 21.5 Å². The van der Waals surface area contributed by atoms with E-state index < -0.39 is 11.2 Å². The van der Waals surface area contributed by atoms with Crippen LogP contribution in [0, 0.1) is 0 Å². The molecule has 47 heavy (non-hydrogen) atoms. The van der Waals surface area contributed by atoms with Gasteiger partial charge in [-0.25, -0.2) is 4.79 Å². The first-order chi connectivity index (χ1) is 23.0. The monoisotopic (exact) mass is 691 g/mol. The molecule has 0 saturated carbocycles. The highest BCUT2D eigenvalue weighted by Gasteiger charge is 2.20. The van der Waals surface area contributed by atoms with E-state index in [1.165, 1.54) is 63.4 Å². The molecule has 0 fully saturated rings. The van der Waals surface area contributed by atoms with Gasteiger partial charge in [0.2, 0.25) is 0 Å². The SMILES string of the molecule is CCCCCCCC/C=C\CCCCC(CSCC(c1ccc(Cl)cc1)c1ccc(-n2ncc(=O)[nH]c2=O)cc1Cl)c1ccccc1. The van der Waals surface area contributed by atoms with Crippen LogP contribution in [0.1, 0.15) is 106 Å². The van der Waals surface area contributed by atoms with Gasteiger partial charge in [0.1, 0.15) is 6.20 Å². The third-order valence-corrected chi connectivity index (χ3v) is 10.3. The van der Waals surface area contributed by atoms with Crippen LogP contribution >= 0.6 is 35.0 Å². The Morgan fingerprint density at radius 2 is 1.51 bits per heavy atom. The van der Waals surface area contributed by atoms with Crippen molar-refractivity contribution >= 4 is 35.0 Å². The second-order valence-corrected chi connectivity index (χ2v) is 14.0. The van der Waals surface area contributed by atoms with Gasteiger partial charge in [0.15, 0.2) is 0 Å². The standard InChI is InChI=1S/C39H47Cl2N3O2S/c1-2-3-4-5-6-7-8-9-10-11-12-14-19-32(30-17-15-13-16-18-30)28-47-29-36(31-20-22-33(40)23-21-31)35-25-24-34(26-37(35)41)44-39(46)43-38(45)27-42-44/h9-10,13,15-18,20-27,32,36H,2-8,11-12,14,19,28-29H2,1H3,(H,43,45,46)/b10-9-. The van der Waals surface area contributed by atoms with Crippen molar-refractivity contribution in [2.24, 2.45) is 0 Å². The molecule has 4 aromatic rings. The molecular weight excluding hydrogens is 645 g/mol. The molecule has 2 atom stereocenters. The summed E-state index contributed by atoms with van der Waals surface area (Å²) in [7, 11) is 0. The summed E-state index contributed by atoms with van der Waals surface area (Å²) < 4.78 is 1.14. The summed E-state index contributed by atoms with van der Waals surface area (Å²) in [6.07, 6.45) is 19.9. The maximum Gasteiger partial charge on any atom is 0.349 e. The van der Waals surface area contributed by atoms with Crippen LogP contribution in [0.2, 0.25) is 10.0 Å². The van der Waals surface area contributed by atoms with E-state index in [-0.39, 0.29) is 5.92 Å². The van der Waals surface area contributed by atoms with Gasteiger partial charge in [0, 0.05) is 27.5 Å². The third-order valence-electron chi connectivity index (χ3n) is 8.53. The van der Waals surface area contributed by atoms with Gasteiger partial charge in [-0.15, -0.1) is 0 Å². The third kappa shape index (κ3) is 12.2. The van der Waals surface area contributed by atoms with Crippen LogP contribution in [0.3, 0.4) is 0 Å². The summed E-state index contributed by atoms with van der Waals surface area (Å²) in [5.74, 6) is 2.33. The number of nitrogens with one attached hydrogen (secondary N) is 1. The average molecular weight is 693 g/mol. The maximum absolute atomic E-state index is 12.3. The Bertz CT molecular complexity index is 1640. The number of aromatic amines is 1. The number of thioether (sulfide) groups is 1. The molecule has 0 radical (unpaired) electrons. The molecule has 4 rings (SSSR count). The first-order valence-corrected chi connectivity index (χ1v) is 18.9. The topological polar surface area (TPSA) is 67.8 Å². The zero-order valence-corrected chi connectivity index (χ0v) is 29.7. The van der Waals surface area contributed by atoms with Gasteiger partial charge in [0.05, 0.1) is 5.69 Å². The summed E-state index contributed by atoms with van der Waals surface area (Å²) in [5.41, 5.74) is 2.82. The van der Waals surface area contributed by atoms with Crippen molar-refractivity contribution in [3.8, 4) is 5.69 Å². The molecule has 0 spiro atoms. The Balaban J connectivity index is 1.38. The molecule has 250 valence electrons. The molecule has 2 unspecified atom stereocenters. The van der Waals surface area contributed by atoms with E-state index in [4.69, 9.17) is 23.2 Å². The van der Waals surface area contributed by atoms with Crippen LogP contribution in [-0.4, -0.2) is 26.3 Å². The van der Waals surface area contributed by atoms with Crippen molar-refractivity contribution < 1.29 is 0 Å². The van der Waals surface area contributed by atoms with Crippen molar-refractivity contribution in [3.63, 3.8) is 0 Å². The largest absolute Gasteiger partial charge is 0.349 e. The van der Waals surface area contributed by atoms with Crippen molar-refractivity contribution in [2.75, 3.05) is 11.5 Å². The van der Waals surface area contributed by atoms with E-state index in [9.17, 15) is 9.59 Å². The first-order valence-electron chi connectivity index (χ1n) is 17.0. The predicted octanol–water partition coefficient (Wildman–Crippen LogP) is 10.7. The van der Waals surface area contributed by atoms with Crippen LogP contribution in [0.5, 0.6) is 0 Å². The van der Waals surface area contributed by atoms with Gasteiger partial charge in [-0.3, -0.25) is 9.78 Å². The van der Waals surface area contributed by atoms with Crippen molar-refractivity contribution in [2.45, 2.75) is 89.4 Å². The smallest absolute Gasteiger partial charge is 0.271 e. The minimum Gasteiger partial charge on any atom is -0.271 e. The lowest BCUT2D eigenvalue weighted by Crippen LogP contribution is -2.30. The zero-order chi connectivity index (χ0) is 33.3. The Morgan fingerprint density at radius 3 is 2.21 bits per heavy atom. The summed E-state index contributed by atoms with van der Waals surface area (Å²) in [5, 5.41) is 5.19. The number of unbranched alkanes of at least 4 members (excludes halogenated alkanes) is 8. The van der Waals surface area contributed by atoms with E-state index in [0.717, 1.165) is 46.4 Å². The lowest BCUT2D eigenvalue weighted by Gasteiger charge is -2.22. The molecule has 0 aliphatic heterocycles. The molecular formula is C39H47Cl2N3O2S. The predicted molar refractivity (Wildman–Crippen MR) is 201 cm³/mol. The van der Waals surface area contributed by atoms with Gasteiger partial charge >= 0.3 is 5.69 Å². The number of benzene rings is 3. The summed E-state index contributed by atoms with van der Waals surface area (Å²) in [6, 6.07) is 24.3. The lowest BCUT2D eigenvalue weighted by molar-refractivity contribution is 0.607. The van der Waals surface area contributed by atoms with Gasteiger partial charge in [-0.05, 0) is 79.0 Å². The molecule has 0 amide bonds. The van der Waals surface area contributed by atoms with Crippen molar-refractivity contribution in [1.29, 1.82) is 0 Å². The first kappa shape index (κ1) is 36.8. The Hall–Kier alpha value is -3.06. The number of hydrogen-bond donors (Lipinski definition) is 1. The molecule has 0 aliphatic rings. The fourth-order valence-corrected chi connectivity index (χ4v) is 7.68. The molecule has 1 N–H and O–H groups in total. The van der Waals surface area contributed by atoms with Crippen LogP contribution in [0.25, 0.3) is 5.69 Å². The van der Waals surface area contributed by atoms with Gasteiger partial charge in [0.25, 0.3) is 5.56 Å². The van der Waals surface area contributed by atoms with E-state index in [1.807, 2.05) is 36.0 Å². The van der Waals surface area contributed by atoms with Crippen molar-refractivity contribution in [3.05, 3.63) is 139 Å². The number of hydrogen-bond acceptors (Lipinski definition) is 4. The number of aromatic nitrogens is 3. The number of nitrogens with zero attached hydrogens (tertiary/aromatic N) is 2. The zero-order valence-electron chi connectivity index (χ0n) is 27.4. The van der Waals surface area contributed by atoms with E-state index in [1.54, 1.807) is 6.07 Å². The maximum atomic E-state index is 12.3. The van der Waals surface area contributed by atoms with Crippen LogP contribution in [-0.2, 0) is 0 Å². The summed E-state index contributed by atoms with van der Waals surface area (Å²) in [6.45, 7) is 2.27. The lowest BCUT2D eigenvalue weighted by atomic mass is 9.92. The molecule has 5 nitrogen and oxygen atoms in total. The van der Waals surface area contributed by atoms with E-state index in [2.05, 4.69) is 71.6 Å². The molecule has 3 aromatic carbocycles. The Morgan fingerprint density at radius 1 is 0.809 bits per heavy atom. The van der Waals surface area contributed by atoms with Gasteiger partial charge < -0.3 is 0 Å². The van der Waals surface area contributed by atoms with Crippen molar-refractivity contribution in [1.82, 2.24) is 14.8 Å². The average Bonchev–Trinajstić information content (AvgIpc) is 3.07. The molecule has 8 heteroatoms. The number of allylic oxidation sites excluding steroid dienone is 2. The van der Waals surface area contributed by atoms with E-state index in [0.29, 0.717) is 21.7 Å². The quantitative estimate of drug-likeness (QED) is 0.0739. The highest BCUT2D eigenvalue weighted by molar-refractivity contribution is 7.99. The Labute approximate surface area is 293 Å². The Kier molecular flexibility index (Phi) is 15.9. The normalized spacial score (nSPS) is 12.8. The van der Waals surface area contributed by atoms with Gasteiger partial charge in [-0.1, -0.05) is 129 Å². The van der Waals surface area contributed by atoms with Crippen LogP contribution in [0.4, 0.5) is 0 Å². The summed E-state index contributed by atoms with van der Waals surface area (Å²) >= 11 is 15.1. The van der Waals surface area contributed by atoms with E-state index >= 15 is 0 Å². The molecule has 1 heterocycles. The van der Waals surface area contributed by atoms with Crippen LogP contribution in [0.15, 0.2) is 101 Å². The van der Waals surface area contributed by atoms with Crippen LogP contribution < -0.4 is 11.2 Å². The number of halogens is 2. The molecule has 1 aromatic heterocycles. The minimum atomic E-state index is -0.609. The molecule has 0 saturated heterocycles. The number of H-pyrrole nitrogens is 1. The number of rotatable bonds is 20. The second kappa shape index (κ2) is 20.3. The second-order valence-electron chi connectivity index (χ2n) is 12.1. The molecule has 0 aliphatic carbocycles. The fraction of sp³-hybridized carbons (Fsp3) is 0.410. The minimum absolute atomic E-state index is 0.0206. The highest BCUT2D eigenvalue weighted by Crippen LogP contribution is 2.36. The highest BCUT2D eigenvalue weighted by atomic mass is 35.5. The fourth-order valence-electron chi connectivity index (χ4n) is 5.86. The molecule has 0 bridgehead atoms. The summed E-state index contributed by atoms with van der Waals surface area (Å²) in [4.78, 5) is 26.1.